The summed E-state index contributed by atoms with van der Waals surface area (Å²) in [5.74, 6) is 0.485. The molecule has 1 N–H and O–H groups in total. The maximum Gasteiger partial charge on any atom is 0.0901 e. The molecule has 4 atom stereocenters. The lowest BCUT2D eigenvalue weighted by atomic mass is 9.59. The highest BCUT2D eigenvalue weighted by molar-refractivity contribution is 5.40. The second-order valence-electron chi connectivity index (χ2n) is 7.19. The van der Waals surface area contributed by atoms with Gasteiger partial charge in [-0.1, -0.05) is 45.1 Å². The molecule has 0 unspecified atom stereocenters. The van der Waals surface area contributed by atoms with Crippen LogP contribution in [0.3, 0.4) is 0 Å². The van der Waals surface area contributed by atoms with E-state index < -0.39 is 5.60 Å². The molecule has 16 heavy (non-hydrogen) atoms. The second kappa shape index (κ2) is 2.48. The summed E-state index contributed by atoms with van der Waals surface area (Å²) in [7, 11) is 0. The third-order valence-electron chi connectivity index (χ3n) is 5.58. The van der Waals surface area contributed by atoms with E-state index in [1.165, 1.54) is 6.42 Å². The molecular weight excluding hydrogens is 196 g/mol. The van der Waals surface area contributed by atoms with Crippen LogP contribution in [-0.2, 0) is 0 Å². The van der Waals surface area contributed by atoms with E-state index in [1.807, 2.05) is 13.0 Å². The minimum absolute atomic E-state index is 0.0521. The first-order chi connectivity index (χ1) is 7.25. The number of allylic oxidation sites excluding steroid dienone is 2. The average molecular weight is 218 g/mol. The van der Waals surface area contributed by atoms with Crippen molar-refractivity contribution in [1.82, 2.24) is 0 Å². The molecule has 0 aromatic heterocycles. The predicted octanol–water partition coefficient (Wildman–Crippen LogP) is 3.31. The quantitative estimate of drug-likeness (QED) is 0.618. The number of rotatable bonds is 0. The first-order valence-corrected chi connectivity index (χ1v) is 6.35. The van der Waals surface area contributed by atoms with Gasteiger partial charge in [-0.2, -0.15) is 0 Å². The van der Waals surface area contributed by atoms with Crippen LogP contribution >= 0.6 is 0 Å². The molecule has 1 spiro atoms. The van der Waals surface area contributed by atoms with Crippen molar-refractivity contribution in [3.63, 3.8) is 0 Å². The van der Waals surface area contributed by atoms with E-state index in [0.29, 0.717) is 11.3 Å². The molecule has 0 saturated heterocycles. The molecule has 0 amide bonds. The third-order valence-corrected chi connectivity index (χ3v) is 5.58. The largest absolute Gasteiger partial charge is 0.385 e. The van der Waals surface area contributed by atoms with Crippen molar-refractivity contribution in [2.45, 2.75) is 46.1 Å². The minimum Gasteiger partial charge on any atom is -0.385 e. The van der Waals surface area contributed by atoms with Crippen molar-refractivity contribution >= 4 is 0 Å². The summed E-state index contributed by atoms with van der Waals surface area (Å²) in [6, 6.07) is 0. The zero-order valence-electron chi connectivity index (χ0n) is 10.7. The molecule has 0 radical (unpaired) electrons. The monoisotopic (exact) mass is 218 g/mol. The van der Waals surface area contributed by atoms with Crippen LogP contribution in [0.1, 0.15) is 40.5 Å². The van der Waals surface area contributed by atoms with Crippen LogP contribution in [0, 0.1) is 22.2 Å². The zero-order chi connectivity index (χ0) is 11.8. The summed E-state index contributed by atoms with van der Waals surface area (Å²) in [5.41, 5.74) is -0.193. The first kappa shape index (κ1) is 10.6. The summed E-state index contributed by atoms with van der Waals surface area (Å²) >= 11 is 0. The van der Waals surface area contributed by atoms with Gasteiger partial charge in [0.25, 0.3) is 0 Å². The Balaban J connectivity index is 2.24. The van der Waals surface area contributed by atoms with Gasteiger partial charge in [0, 0.05) is 5.41 Å². The molecule has 0 aromatic rings. The summed E-state index contributed by atoms with van der Waals surface area (Å²) in [4.78, 5) is 0. The summed E-state index contributed by atoms with van der Waals surface area (Å²) in [6.45, 7) is 9.04. The molecule has 0 heterocycles. The van der Waals surface area contributed by atoms with E-state index in [0.717, 1.165) is 6.42 Å². The number of aliphatic hydroxyl groups is 1. The van der Waals surface area contributed by atoms with Crippen molar-refractivity contribution in [3.8, 4) is 0 Å². The predicted molar refractivity (Wildman–Crippen MR) is 65.9 cm³/mol. The van der Waals surface area contributed by atoms with Crippen molar-refractivity contribution < 1.29 is 5.11 Å². The lowest BCUT2D eigenvalue weighted by molar-refractivity contribution is -0.0572. The Kier molecular flexibility index (Phi) is 1.64. The fraction of sp³-hybridized carbons (Fsp3) is 0.733. The molecule has 3 aliphatic carbocycles. The summed E-state index contributed by atoms with van der Waals surface area (Å²) < 4.78 is 0. The van der Waals surface area contributed by atoms with Crippen LogP contribution in [0.25, 0.3) is 0 Å². The maximum absolute atomic E-state index is 10.8. The topological polar surface area (TPSA) is 20.2 Å². The highest BCUT2D eigenvalue weighted by Gasteiger charge is 2.71. The zero-order valence-corrected chi connectivity index (χ0v) is 10.7. The van der Waals surface area contributed by atoms with Crippen LogP contribution < -0.4 is 0 Å². The van der Waals surface area contributed by atoms with Gasteiger partial charge in [0.05, 0.1) is 5.60 Å². The number of hydrogen-bond acceptors (Lipinski definition) is 1. The van der Waals surface area contributed by atoms with Crippen molar-refractivity contribution in [1.29, 1.82) is 0 Å². The molecule has 1 nitrogen and oxygen atoms in total. The average Bonchev–Trinajstić information content (AvgIpc) is 2.59. The van der Waals surface area contributed by atoms with Crippen molar-refractivity contribution in [3.05, 3.63) is 24.3 Å². The Hall–Kier alpha value is -0.560. The molecule has 1 saturated carbocycles. The Labute approximate surface area is 98.2 Å². The Morgan fingerprint density at radius 2 is 1.81 bits per heavy atom. The van der Waals surface area contributed by atoms with Gasteiger partial charge in [0.15, 0.2) is 0 Å². The van der Waals surface area contributed by atoms with Crippen LogP contribution in [0.5, 0.6) is 0 Å². The van der Waals surface area contributed by atoms with E-state index in [4.69, 9.17) is 0 Å². The van der Waals surface area contributed by atoms with E-state index in [9.17, 15) is 5.11 Å². The van der Waals surface area contributed by atoms with E-state index in [-0.39, 0.29) is 10.8 Å². The standard InChI is InChI=1S/C15H22O/c1-12(2)10-13(3)7-5-8-15(13)11(12)6-9-14(15,4)16/h5-6,8-9,11,16H,7,10H2,1-4H3/t11-,13+,14+,15+/m0/s1. The Bertz CT molecular complexity index is 402. The molecule has 1 heteroatoms. The fourth-order valence-corrected chi connectivity index (χ4v) is 5.23. The smallest absolute Gasteiger partial charge is 0.0901 e. The van der Waals surface area contributed by atoms with Gasteiger partial charge in [0.1, 0.15) is 0 Å². The SMILES string of the molecule is CC1(C)C[C@@]2(C)CC=C[C@@]23[C@H]1C=C[C@@]3(C)O. The maximum atomic E-state index is 10.8. The molecule has 0 aliphatic heterocycles. The van der Waals surface area contributed by atoms with Crippen LogP contribution in [0.2, 0.25) is 0 Å². The lowest BCUT2D eigenvalue weighted by Gasteiger charge is -2.46. The van der Waals surface area contributed by atoms with Gasteiger partial charge in [-0.15, -0.1) is 0 Å². The van der Waals surface area contributed by atoms with Gasteiger partial charge in [-0.3, -0.25) is 0 Å². The van der Waals surface area contributed by atoms with Crippen molar-refractivity contribution in [2.24, 2.45) is 22.2 Å². The molecule has 88 valence electrons. The van der Waals surface area contributed by atoms with Gasteiger partial charge < -0.3 is 5.11 Å². The van der Waals surface area contributed by atoms with Crippen molar-refractivity contribution in [2.75, 3.05) is 0 Å². The molecule has 3 rings (SSSR count). The van der Waals surface area contributed by atoms with E-state index >= 15 is 0 Å². The fourth-order valence-electron chi connectivity index (χ4n) is 5.23. The molecule has 0 aromatic carbocycles. The van der Waals surface area contributed by atoms with E-state index in [2.05, 4.69) is 39.0 Å². The number of hydrogen-bond donors (Lipinski definition) is 1. The van der Waals surface area contributed by atoms with Gasteiger partial charge in [-0.25, -0.2) is 0 Å². The van der Waals surface area contributed by atoms with Gasteiger partial charge in [-0.05, 0) is 36.5 Å². The van der Waals surface area contributed by atoms with Crippen LogP contribution in [0.15, 0.2) is 24.3 Å². The lowest BCUT2D eigenvalue weighted by Crippen LogP contribution is -2.49. The first-order valence-electron chi connectivity index (χ1n) is 6.35. The van der Waals surface area contributed by atoms with Crippen LogP contribution in [0.4, 0.5) is 0 Å². The molecule has 1 fully saturated rings. The normalized spacial score (nSPS) is 56.7. The van der Waals surface area contributed by atoms with Crippen LogP contribution in [-0.4, -0.2) is 10.7 Å². The molecular formula is C15H22O. The second-order valence-corrected chi connectivity index (χ2v) is 7.19. The van der Waals surface area contributed by atoms with E-state index in [1.54, 1.807) is 0 Å². The highest BCUT2D eigenvalue weighted by atomic mass is 16.3. The van der Waals surface area contributed by atoms with Gasteiger partial charge in [0.2, 0.25) is 0 Å². The minimum atomic E-state index is -0.673. The molecule has 3 aliphatic rings. The molecule has 0 bridgehead atoms. The van der Waals surface area contributed by atoms with Gasteiger partial charge >= 0.3 is 0 Å². The highest BCUT2D eigenvalue weighted by Crippen LogP contribution is 2.74. The Morgan fingerprint density at radius 1 is 1.12 bits per heavy atom. The summed E-state index contributed by atoms with van der Waals surface area (Å²) in [6.07, 6.45) is 11.2. The Morgan fingerprint density at radius 3 is 2.50 bits per heavy atom. The summed E-state index contributed by atoms with van der Waals surface area (Å²) in [5, 5.41) is 10.8. The third kappa shape index (κ3) is 0.851.